The van der Waals surface area contributed by atoms with Gasteiger partial charge in [-0.1, -0.05) is 39.5 Å². The largest absolute Gasteiger partial charge is 0.384 e. The molecule has 5 rings (SSSR count). The van der Waals surface area contributed by atoms with Gasteiger partial charge in [-0.3, -0.25) is 14.6 Å². The number of piperazine rings is 1. The number of alkyl halides is 1. The van der Waals surface area contributed by atoms with E-state index < -0.39 is 6.67 Å². The number of likely N-dealkylation sites (tertiary alicyclic amines) is 1. The number of Topliss-reactive ketones (excluding diaryl/α,β-unsaturated/α-hetero) is 1. The normalized spacial score (nSPS) is 22.5. The molecule has 1 aromatic carbocycles. The molecule has 254 valence electrons. The Morgan fingerprint density at radius 1 is 1.09 bits per heavy atom. The zero-order chi connectivity index (χ0) is 33.2. The summed E-state index contributed by atoms with van der Waals surface area (Å²) in [5, 5.41) is 6.81. The van der Waals surface area contributed by atoms with Gasteiger partial charge in [-0.05, 0) is 101 Å². The van der Waals surface area contributed by atoms with E-state index in [2.05, 4.69) is 38.8 Å². The summed E-state index contributed by atoms with van der Waals surface area (Å²) in [5.41, 5.74) is 5.83. The van der Waals surface area contributed by atoms with Gasteiger partial charge in [0.2, 0.25) is 0 Å². The molecule has 0 spiro atoms. The summed E-state index contributed by atoms with van der Waals surface area (Å²) >= 11 is 0. The maximum atomic E-state index is 14.4. The predicted molar refractivity (Wildman–Crippen MR) is 185 cm³/mol. The number of hydrogen-bond acceptors (Lipinski definition) is 6. The van der Waals surface area contributed by atoms with Gasteiger partial charge in [-0.2, -0.15) is 0 Å². The number of nitrogens with zero attached hydrogens (tertiary/aromatic N) is 3. The second-order valence-corrected chi connectivity index (χ2v) is 13.1. The van der Waals surface area contributed by atoms with E-state index in [0.29, 0.717) is 42.5 Å². The Morgan fingerprint density at radius 3 is 2.48 bits per heavy atom. The fraction of sp³-hybridized carbons (Fsp3) is 0.605. The Hall–Kier alpha value is -2.97. The molecule has 8 heteroatoms. The van der Waals surface area contributed by atoms with E-state index in [4.69, 9.17) is 0 Å². The third-order valence-electron chi connectivity index (χ3n) is 9.77. The molecule has 2 aliphatic carbocycles. The number of nitrogens with one attached hydrogen (secondary N) is 2. The lowest BCUT2D eigenvalue weighted by Crippen LogP contribution is -2.57. The number of carbonyl (C=O) groups is 1. The molecular weight excluding hydrogens is 580 g/mol. The van der Waals surface area contributed by atoms with Gasteiger partial charge < -0.3 is 15.5 Å². The first-order valence-electron chi connectivity index (χ1n) is 17.7. The first-order chi connectivity index (χ1) is 22.2. The van der Waals surface area contributed by atoms with Gasteiger partial charge in [0.05, 0.1) is 0 Å². The van der Waals surface area contributed by atoms with Crippen LogP contribution in [0.3, 0.4) is 0 Å². The maximum absolute atomic E-state index is 14.4. The Morgan fingerprint density at radius 2 is 1.83 bits per heavy atom. The van der Waals surface area contributed by atoms with E-state index in [1.54, 1.807) is 6.07 Å². The van der Waals surface area contributed by atoms with Gasteiger partial charge in [0.25, 0.3) is 0 Å². The lowest BCUT2D eigenvalue weighted by atomic mass is 9.97. The van der Waals surface area contributed by atoms with E-state index >= 15 is 0 Å². The lowest BCUT2D eigenvalue weighted by Gasteiger charge is -2.48. The molecule has 1 unspecified atom stereocenters. The third kappa shape index (κ3) is 9.54. The SMILES string of the molecule is C=C(/C(C)=C\C(=C/CF)NC1=C(NC2CC2)CCCC1=O)N1CCN(C2CCN(Cc3ccc(C)cc3F)CC2)C(CC)C1.CC. The van der Waals surface area contributed by atoms with Crippen molar-refractivity contribution < 1.29 is 13.6 Å². The van der Waals surface area contributed by atoms with Crippen molar-refractivity contribution in [3.8, 4) is 0 Å². The third-order valence-corrected chi connectivity index (χ3v) is 9.77. The number of halogens is 2. The fourth-order valence-corrected chi connectivity index (χ4v) is 6.94. The van der Waals surface area contributed by atoms with Crippen LogP contribution in [0.2, 0.25) is 0 Å². The highest BCUT2D eigenvalue weighted by Crippen LogP contribution is 2.29. The molecule has 0 aromatic heterocycles. The first kappa shape index (κ1) is 35.9. The minimum Gasteiger partial charge on any atom is -0.384 e. The maximum Gasteiger partial charge on any atom is 0.180 e. The standard InChI is InChI=1S/C36H51F2N5O.C2H6/c1-5-31-24-42(19-20-43(31)32-14-17-41(18-15-32)23-28-10-9-25(2)21-33(28)38)27(4)26(3)22-30(13-16-37)40-36-34(39-29-11-12-29)7-6-8-35(36)44;1-2/h9-10,13,21-22,29,31-32,39-40H,4-8,11-12,14-20,23-24H2,1-3H3;1-2H3/b26-22-,30-13+;. The van der Waals surface area contributed by atoms with Gasteiger partial charge in [-0.15, -0.1) is 0 Å². The van der Waals surface area contributed by atoms with Crippen LogP contribution in [-0.2, 0) is 11.3 Å². The van der Waals surface area contributed by atoms with Crippen LogP contribution in [0.5, 0.6) is 0 Å². The number of allylic oxidation sites excluding steroid dienone is 5. The molecule has 46 heavy (non-hydrogen) atoms. The van der Waals surface area contributed by atoms with Gasteiger partial charge in [0.1, 0.15) is 18.2 Å². The fourth-order valence-electron chi connectivity index (χ4n) is 6.94. The van der Waals surface area contributed by atoms with Crippen molar-refractivity contribution in [2.45, 2.75) is 111 Å². The minimum absolute atomic E-state index is 0.0871. The minimum atomic E-state index is -0.610. The zero-order valence-corrected chi connectivity index (χ0v) is 28.9. The smallest absolute Gasteiger partial charge is 0.180 e. The quantitative estimate of drug-likeness (QED) is 0.238. The molecule has 6 nitrogen and oxygen atoms in total. The second kappa shape index (κ2) is 17.3. The number of ketones is 1. The molecule has 0 amide bonds. The summed E-state index contributed by atoms with van der Waals surface area (Å²) in [6.07, 6.45) is 11.2. The highest BCUT2D eigenvalue weighted by molar-refractivity contribution is 5.96. The first-order valence-corrected chi connectivity index (χ1v) is 17.7. The van der Waals surface area contributed by atoms with Crippen molar-refractivity contribution in [3.05, 3.63) is 82.2 Å². The van der Waals surface area contributed by atoms with Crippen molar-refractivity contribution in [3.63, 3.8) is 0 Å². The number of hydrogen-bond donors (Lipinski definition) is 2. The topological polar surface area (TPSA) is 50.9 Å². The summed E-state index contributed by atoms with van der Waals surface area (Å²) in [4.78, 5) is 20.3. The average Bonchev–Trinajstić information content (AvgIpc) is 3.89. The molecule has 0 radical (unpaired) electrons. The molecule has 2 N–H and O–H groups in total. The summed E-state index contributed by atoms with van der Waals surface area (Å²) in [7, 11) is 0. The van der Waals surface area contributed by atoms with E-state index in [0.717, 1.165) is 106 Å². The average molecular weight is 638 g/mol. The van der Waals surface area contributed by atoms with Crippen LogP contribution in [0.15, 0.2) is 65.3 Å². The molecule has 2 saturated heterocycles. The van der Waals surface area contributed by atoms with E-state index in [9.17, 15) is 13.6 Å². The summed E-state index contributed by atoms with van der Waals surface area (Å²) < 4.78 is 28.0. The van der Waals surface area contributed by atoms with Crippen LogP contribution in [0, 0.1) is 12.7 Å². The number of aryl methyl sites for hydroxylation is 1. The summed E-state index contributed by atoms with van der Waals surface area (Å²) in [6.45, 7) is 19.5. The van der Waals surface area contributed by atoms with Crippen LogP contribution in [0.4, 0.5) is 8.78 Å². The predicted octanol–water partition coefficient (Wildman–Crippen LogP) is 7.14. The molecule has 1 atom stereocenters. The highest BCUT2D eigenvalue weighted by Gasteiger charge is 2.34. The van der Waals surface area contributed by atoms with Crippen LogP contribution < -0.4 is 10.6 Å². The Labute approximate surface area is 276 Å². The van der Waals surface area contributed by atoms with Crippen LogP contribution >= 0.6 is 0 Å². The van der Waals surface area contributed by atoms with Crippen molar-refractivity contribution in [2.24, 2.45) is 0 Å². The van der Waals surface area contributed by atoms with Crippen LogP contribution in [-0.4, -0.2) is 78.0 Å². The van der Waals surface area contributed by atoms with Gasteiger partial charge in [-0.25, -0.2) is 8.78 Å². The lowest BCUT2D eigenvalue weighted by molar-refractivity contribution is -0.116. The van der Waals surface area contributed by atoms with Crippen molar-refractivity contribution in [2.75, 3.05) is 39.4 Å². The second-order valence-electron chi connectivity index (χ2n) is 13.1. The van der Waals surface area contributed by atoms with Gasteiger partial charge in [0, 0.05) is 73.4 Å². The van der Waals surface area contributed by atoms with E-state index in [1.165, 1.54) is 6.08 Å². The number of carbonyl (C=O) groups excluding carboxylic acids is 1. The van der Waals surface area contributed by atoms with Gasteiger partial charge >= 0.3 is 0 Å². The number of benzene rings is 1. The molecule has 3 fully saturated rings. The Bertz CT molecular complexity index is 1290. The van der Waals surface area contributed by atoms with Crippen molar-refractivity contribution in [1.29, 1.82) is 0 Å². The Kier molecular flexibility index (Phi) is 13.5. The van der Waals surface area contributed by atoms with E-state index in [1.807, 2.05) is 45.9 Å². The molecule has 1 saturated carbocycles. The highest BCUT2D eigenvalue weighted by atomic mass is 19.1. The van der Waals surface area contributed by atoms with Crippen LogP contribution in [0.1, 0.15) is 90.2 Å². The number of piperidine rings is 1. The molecule has 1 aromatic rings. The number of rotatable bonds is 12. The van der Waals surface area contributed by atoms with Crippen LogP contribution in [0.25, 0.3) is 0 Å². The molecule has 4 aliphatic rings. The summed E-state index contributed by atoms with van der Waals surface area (Å²) in [6, 6.07) is 6.97. The van der Waals surface area contributed by atoms with Crippen molar-refractivity contribution in [1.82, 2.24) is 25.3 Å². The molecular formula is C38H57F2N5O. The van der Waals surface area contributed by atoms with E-state index in [-0.39, 0.29) is 11.6 Å². The molecule has 0 bridgehead atoms. The van der Waals surface area contributed by atoms with Crippen molar-refractivity contribution >= 4 is 5.78 Å². The Balaban J connectivity index is 0.00000235. The zero-order valence-electron chi connectivity index (χ0n) is 28.9. The summed E-state index contributed by atoms with van der Waals surface area (Å²) in [5.74, 6) is -0.0130. The monoisotopic (exact) mass is 637 g/mol. The molecule has 2 aliphatic heterocycles. The van der Waals surface area contributed by atoms with Gasteiger partial charge in [0.15, 0.2) is 5.78 Å². The molecule has 2 heterocycles.